The van der Waals surface area contributed by atoms with Gasteiger partial charge in [0.05, 0.1) is 6.54 Å². The van der Waals surface area contributed by atoms with Crippen molar-refractivity contribution in [2.24, 2.45) is 5.92 Å². The van der Waals surface area contributed by atoms with Crippen LogP contribution in [0.15, 0.2) is 18.2 Å². The Morgan fingerprint density at radius 1 is 1.12 bits per heavy atom. The molecular weight excluding hydrogens is 326 g/mol. The van der Waals surface area contributed by atoms with E-state index in [1.54, 1.807) is 0 Å². The smallest absolute Gasteiger partial charge is 0.238 e. The van der Waals surface area contributed by atoms with E-state index < -0.39 is 0 Å². The molecule has 0 unspecified atom stereocenters. The second-order valence-corrected chi connectivity index (χ2v) is 7.42. The van der Waals surface area contributed by atoms with Crippen LogP contribution in [0.4, 0.5) is 5.69 Å². The lowest BCUT2D eigenvalue weighted by Crippen LogP contribution is -2.47. The summed E-state index contributed by atoms with van der Waals surface area (Å²) in [5.41, 5.74) is 3.36. The Morgan fingerprint density at radius 3 is 2.19 bits per heavy atom. The highest BCUT2D eigenvalue weighted by atomic mass is 16.2. The molecule has 0 aliphatic carbocycles. The normalized spacial score (nSPS) is 15.9. The van der Waals surface area contributed by atoms with Crippen LogP contribution in [0.1, 0.15) is 51.7 Å². The Kier molecular flexibility index (Phi) is 7.64. The van der Waals surface area contributed by atoms with Crippen molar-refractivity contribution in [1.82, 2.24) is 10.2 Å². The van der Waals surface area contributed by atoms with Gasteiger partial charge in [-0.05, 0) is 36.8 Å². The maximum Gasteiger partial charge on any atom is 0.238 e. The second kappa shape index (κ2) is 9.72. The zero-order valence-corrected chi connectivity index (χ0v) is 16.6. The molecular formula is C21H33N3O2. The molecule has 2 N–H and O–H groups in total. The van der Waals surface area contributed by atoms with E-state index in [2.05, 4.69) is 47.6 Å². The number of carbonyl (C=O) groups is 2. The van der Waals surface area contributed by atoms with E-state index in [9.17, 15) is 9.59 Å². The molecule has 144 valence electrons. The average Bonchev–Trinajstić information content (AvgIpc) is 2.63. The van der Waals surface area contributed by atoms with Crippen LogP contribution in [-0.4, -0.2) is 42.4 Å². The Bertz CT molecular complexity index is 597. The van der Waals surface area contributed by atoms with Crippen LogP contribution in [0.25, 0.3) is 0 Å². The number of rotatable bonds is 7. The van der Waals surface area contributed by atoms with Gasteiger partial charge in [0.25, 0.3) is 0 Å². The third kappa shape index (κ3) is 5.56. The molecule has 1 aromatic rings. The summed E-state index contributed by atoms with van der Waals surface area (Å²) in [5, 5.41) is 6.23. The van der Waals surface area contributed by atoms with Gasteiger partial charge in [0.1, 0.15) is 0 Å². The highest BCUT2D eigenvalue weighted by Crippen LogP contribution is 2.22. The number of hydrogen-bond acceptors (Lipinski definition) is 3. The van der Waals surface area contributed by atoms with E-state index in [0.717, 1.165) is 44.5 Å². The number of amides is 2. The standard InChI is InChI=1S/C21H33N3O2/c1-5-16-8-7-9-17(6-2)20(16)23-19(25)14-24-12-10-18(11-13-24)22-21(26)15(3)4/h7-9,15,18H,5-6,10-14H2,1-4H3,(H,22,26)(H,23,25). The number of anilines is 1. The van der Waals surface area contributed by atoms with Gasteiger partial charge >= 0.3 is 0 Å². The van der Waals surface area contributed by atoms with Crippen LogP contribution in [0, 0.1) is 5.92 Å². The van der Waals surface area contributed by atoms with Crippen molar-refractivity contribution >= 4 is 17.5 Å². The number of piperidine rings is 1. The quantitative estimate of drug-likeness (QED) is 0.787. The fourth-order valence-corrected chi connectivity index (χ4v) is 3.39. The highest BCUT2D eigenvalue weighted by Gasteiger charge is 2.23. The van der Waals surface area contributed by atoms with Crippen LogP contribution in [0.2, 0.25) is 0 Å². The lowest BCUT2D eigenvalue weighted by atomic mass is 10.0. The topological polar surface area (TPSA) is 61.4 Å². The summed E-state index contributed by atoms with van der Waals surface area (Å²) >= 11 is 0. The number of aryl methyl sites for hydroxylation is 2. The Hall–Kier alpha value is -1.88. The van der Waals surface area contributed by atoms with E-state index in [1.165, 1.54) is 11.1 Å². The third-order valence-corrected chi connectivity index (χ3v) is 5.09. The molecule has 1 saturated heterocycles. The summed E-state index contributed by atoms with van der Waals surface area (Å²) in [4.78, 5) is 26.5. The van der Waals surface area contributed by atoms with Gasteiger partial charge in [-0.15, -0.1) is 0 Å². The lowest BCUT2D eigenvalue weighted by Gasteiger charge is -2.32. The minimum Gasteiger partial charge on any atom is -0.353 e. The maximum absolute atomic E-state index is 12.5. The first-order valence-corrected chi connectivity index (χ1v) is 9.87. The van der Waals surface area contributed by atoms with Gasteiger partial charge in [0.15, 0.2) is 0 Å². The van der Waals surface area contributed by atoms with E-state index in [4.69, 9.17) is 0 Å². The molecule has 0 aromatic heterocycles. The lowest BCUT2D eigenvalue weighted by molar-refractivity contribution is -0.125. The van der Waals surface area contributed by atoms with Crippen molar-refractivity contribution in [1.29, 1.82) is 0 Å². The molecule has 1 aliphatic rings. The number of benzene rings is 1. The summed E-state index contributed by atoms with van der Waals surface area (Å²) in [7, 11) is 0. The van der Waals surface area contributed by atoms with Crippen molar-refractivity contribution < 1.29 is 9.59 Å². The SMILES string of the molecule is CCc1cccc(CC)c1NC(=O)CN1CCC(NC(=O)C(C)C)CC1. The van der Waals surface area contributed by atoms with Crippen LogP contribution in [-0.2, 0) is 22.4 Å². The van der Waals surface area contributed by atoms with Crippen molar-refractivity contribution in [3.8, 4) is 0 Å². The van der Waals surface area contributed by atoms with Crippen LogP contribution in [0.5, 0.6) is 0 Å². The first-order chi connectivity index (χ1) is 12.4. The van der Waals surface area contributed by atoms with Gasteiger partial charge < -0.3 is 10.6 Å². The van der Waals surface area contributed by atoms with Crippen molar-refractivity contribution in [3.05, 3.63) is 29.3 Å². The number of likely N-dealkylation sites (tertiary alicyclic amines) is 1. The molecule has 5 nitrogen and oxygen atoms in total. The predicted molar refractivity (Wildman–Crippen MR) is 106 cm³/mol. The van der Waals surface area contributed by atoms with Gasteiger partial charge in [0, 0.05) is 30.7 Å². The minimum atomic E-state index is 0.0187. The van der Waals surface area contributed by atoms with Crippen molar-refractivity contribution in [3.63, 3.8) is 0 Å². The highest BCUT2D eigenvalue weighted by molar-refractivity contribution is 5.93. The third-order valence-electron chi connectivity index (χ3n) is 5.09. The summed E-state index contributed by atoms with van der Waals surface area (Å²) in [6, 6.07) is 6.45. The summed E-state index contributed by atoms with van der Waals surface area (Å²) < 4.78 is 0. The van der Waals surface area contributed by atoms with E-state index in [-0.39, 0.29) is 23.8 Å². The Morgan fingerprint density at radius 2 is 1.69 bits per heavy atom. The molecule has 1 fully saturated rings. The number of carbonyl (C=O) groups excluding carboxylic acids is 2. The number of hydrogen-bond donors (Lipinski definition) is 2. The molecule has 0 radical (unpaired) electrons. The number of nitrogens with zero attached hydrogens (tertiary/aromatic N) is 1. The first kappa shape index (κ1) is 20.4. The molecule has 1 heterocycles. The monoisotopic (exact) mass is 359 g/mol. The molecule has 26 heavy (non-hydrogen) atoms. The van der Waals surface area contributed by atoms with Gasteiger partial charge in [-0.25, -0.2) is 0 Å². The van der Waals surface area contributed by atoms with E-state index >= 15 is 0 Å². The van der Waals surface area contributed by atoms with Crippen molar-refractivity contribution in [2.45, 2.75) is 59.4 Å². The van der Waals surface area contributed by atoms with Gasteiger partial charge in [-0.1, -0.05) is 45.9 Å². The van der Waals surface area contributed by atoms with E-state index in [0.29, 0.717) is 6.54 Å². The molecule has 5 heteroatoms. The van der Waals surface area contributed by atoms with Crippen LogP contribution in [0.3, 0.4) is 0 Å². The molecule has 0 atom stereocenters. The van der Waals surface area contributed by atoms with Gasteiger partial charge in [0.2, 0.25) is 11.8 Å². The fraction of sp³-hybridized carbons (Fsp3) is 0.619. The zero-order valence-electron chi connectivity index (χ0n) is 16.6. The van der Waals surface area contributed by atoms with Crippen LogP contribution < -0.4 is 10.6 Å². The number of para-hydroxylation sites is 1. The van der Waals surface area contributed by atoms with Gasteiger partial charge in [-0.3, -0.25) is 14.5 Å². The molecule has 0 bridgehead atoms. The molecule has 1 aliphatic heterocycles. The zero-order chi connectivity index (χ0) is 19.1. The second-order valence-electron chi connectivity index (χ2n) is 7.42. The molecule has 0 saturated carbocycles. The van der Waals surface area contributed by atoms with Crippen LogP contribution >= 0.6 is 0 Å². The minimum absolute atomic E-state index is 0.0187. The molecule has 2 amide bonds. The van der Waals surface area contributed by atoms with Gasteiger partial charge in [-0.2, -0.15) is 0 Å². The summed E-state index contributed by atoms with van der Waals surface area (Å²) in [6.45, 7) is 10.1. The van der Waals surface area contributed by atoms with E-state index in [1.807, 2.05) is 13.8 Å². The molecule has 1 aromatic carbocycles. The Labute approximate surface area is 157 Å². The fourth-order valence-electron chi connectivity index (χ4n) is 3.39. The summed E-state index contributed by atoms with van der Waals surface area (Å²) in [5.74, 6) is 0.180. The average molecular weight is 360 g/mol. The largest absolute Gasteiger partial charge is 0.353 e. The maximum atomic E-state index is 12.5. The Balaban J connectivity index is 1.86. The first-order valence-electron chi connectivity index (χ1n) is 9.87. The molecule has 2 rings (SSSR count). The van der Waals surface area contributed by atoms with Crippen molar-refractivity contribution in [2.75, 3.05) is 25.0 Å². The summed E-state index contributed by atoms with van der Waals surface area (Å²) in [6.07, 6.45) is 3.61. The molecule has 0 spiro atoms. The predicted octanol–water partition coefficient (Wildman–Crippen LogP) is 2.99. The number of nitrogens with one attached hydrogen (secondary N) is 2.